The summed E-state index contributed by atoms with van der Waals surface area (Å²) in [6.45, 7) is 4.75. The number of benzene rings is 2. The van der Waals surface area contributed by atoms with Crippen molar-refractivity contribution < 1.29 is 9.13 Å². The number of halogens is 1. The van der Waals surface area contributed by atoms with Gasteiger partial charge in [-0.05, 0) is 42.2 Å². The fourth-order valence-electron chi connectivity index (χ4n) is 2.13. The van der Waals surface area contributed by atoms with Crippen LogP contribution in [0.25, 0.3) is 0 Å². The predicted molar refractivity (Wildman–Crippen MR) is 101 cm³/mol. The Kier molecular flexibility index (Phi) is 7.12. The van der Waals surface area contributed by atoms with Gasteiger partial charge in [-0.1, -0.05) is 49.9 Å². The van der Waals surface area contributed by atoms with E-state index in [1.165, 1.54) is 23.4 Å². The molecule has 0 aliphatic heterocycles. The minimum Gasteiger partial charge on any atom is -0.490 e. The van der Waals surface area contributed by atoms with Gasteiger partial charge in [0.15, 0.2) is 16.7 Å². The minimum atomic E-state index is -0.356. The van der Waals surface area contributed by atoms with E-state index in [0.29, 0.717) is 23.4 Å². The van der Waals surface area contributed by atoms with Crippen LogP contribution in [-0.4, -0.2) is 17.5 Å². The largest absolute Gasteiger partial charge is 0.490 e. The van der Waals surface area contributed by atoms with E-state index in [9.17, 15) is 4.39 Å². The highest BCUT2D eigenvalue weighted by molar-refractivity contribution is 8.13. The Labute approximate surface area is 147 Å². The number of ether oxygens (including phenoxy) is 1. The third kappa shape index (κ3) is 5.57. The zero-order valence-corrected chi connectivity index (χ0v) is 14.9. The molecule has 128 valence electrons. The molecule has 0 aliphatic rings. The molecule has 0 radical (unpaired) electrons. The molecule has 0 aliphatic carbocycles. The first kappa shape index (κ1) is 18.3. The first-order valence-corrected chi connectivity index (χ1v) is 9.03. The molecule has 2 rings (SSSR count). The molecule has 0 spiro atoms. The molecule has 24 heavy (non-hydrogen) atoms. The van der Waals surface area contributed by atoms with Crippen molar-refractivity contribution in [3.8, 4) is 5.75 Å². The molecular weight excluding hydrogens is 323 g/mol. The van der Waals surface area contributed by atoms with Gasteiger partial charge in [-0.3, -0.25) is 0 Å². The van der Waals surface area contributed by atoms with E-state index in [1.807, 2.05) is 12.1 Å². The number of nitrogens with two attached hydrogens (primary N) is 1. The number of hydrogen-bond donors (Lipinski definition) is 1. The predicted octanol–water partition coefficient (Wildman–Crippen LogP) is 5.10. The lowest BCUT2D eigenvalue weighted by Gasteiger charge is -2.09. The summed E-state index contributed by atoms with van der Waals surface area (Å²) in [5.41, 5.74) is 8.06. The summed E-state index contributed by atoms with van der Waals surface area (Å²) >= 11 is 1.39. The second kappa shape index (κ2) is 9.33. The molecule has 0 bridgehead atoms. The van der Waals surface area contributed by atoms with Crippen molar-refractivity contribution in [3.05, 3.63) is 59.9 Å². The molecule has 2 aromatic carbocycles. The maximum absolute atomic E-state index is 13.4. The topological polar surface area (TPSA) is 47.6 Å². The fourth-order valence-corrected chi connectivity index (χ4v) is 2.68. The summed E-state index contributed by atoms with van der Waals surface area (Å²) in [5, 5.41) is 0.475. The van der Waals surface area contributed by atoms with Crippen LogP contribution in [-0.2, 0) is 0 Å². The second-order valence-corrected chi connectivity index (χ2v) is 6.59. The fraction of sp³-hybridized carbons (Fsp3) is 0.316. The third-order valence-electron chi connectivity index (χ3n) is 3.74. The number of rotatable bonds is 7. The van der Waals surface area contributed by atoms with Crippen LogP contribution >= 0.6 is 11.8 Å². The van der Waals surface area contributed by atoms with Crippen LogP contribution in [0.4, 0.5) is 10.1 Å². The first-order chi connectivity index (χ1) is 11.6. The maximum atomic E-state index is 13.4. The average molecular weight is 346 g/mol. The van der Waals surface area contributed by atoms with Crippen LogP contribution in [0.3, 0.4) is 0 Å². The molecule has 0 fully saturated rings. The number of para-hydroxylation sites is 1. The number of aliphatic imine (C=N–C) groups is 1. The van der Waals surface area contributed by atoms with E-state index in [4.69, 9.17) is 10.5 Å². The first-order valence-electron chi connectivity index (χ1n) is 8.04. The van der Waals surface area contributed by atoms with Crippen molar-refractivity contribution in [3.63, 3.8) is 0 Å². The van der Waals surface area contributed by atoms with Crippen molar-refractivity contribution in [2.75, 3.05) is 12.4 Å². The van der Waals surface area contributed by atoms with Crippen LogP contribution in [0.1, 0.15) is 31.7 Å². The minimum absolute atomic E-state index is 0.259. The van der Waals surface area contributed by atoms with Gasteiger partial charge >= 0.3 is 0 Å². The molecule has 2 N–H and O–H groups in total. The lowest BCUT2D eigenvalue weighted by atomic mass is 9.99. The van der Waals surface area contributed by atoms with E-state index in [-0.39, 0.29) is 11.6 Å². The van der Waals surface area contributed by atoms with E-state index < -0.39 is 0 Å². The van der Waals surface area contributed by atoms with Crippen molar-refractivity contribution in [1.29, 1.82) is 0 Å². The highest BCUT2D eigenvalue weighted by Gasteiger charge is 2.03. The molecule has 0 saturated heterocycles. The van der Waals surface area contributed by atoms with E-state index in [0.717, 1.165) is 12.1 Å². The van der Waals surface area contributed by atoms with Gasteiger partial charge in [0.1, 0.15) is 0 Å². The van der Waals surface area contributed by atoms with Crippen LogP contribution in [0.15, 0.2) is 53.5 Å². The summed E-state index contributed by atoms with van der Waals surface area (Å²) in [6.07, 6.45) is 1.11. The van der Waals surface area contributed by atoms with E-state index >= 15 is 0 Å². The Morgan fingerprint density at radius 1 is 1.21 bits per heavy atom. The van der Waals surface area contributed by atoms with Crippen LogP contribution in [0.5, 0.6) is 5.75 Å². The average Bonchev–Trinajstić information content (AvgIpc) is 2.60. The molecule has 0 saturated carbocycles. The SMILES string of the molecule is CC[C@H](C)c1ccc(N=C(N)SCCOc2ccccc2F)cc1. The maximum Gasteiger partial charge on any atom is 0.165 e. The Hall–Kier alpha value is -2.01. The molecule has 2 aromatic rings. The summed E-state index contributed by atoms with van der Waals surface area (Å²) in [4.78, 5) is 4.38. The zero-order valence-electron chi connectivity index (χ0n) is 14.0. The van der Waals surface area contributed by atoms with Gasteiger partial charge in [0.25, 0.3) is 0 Å². The molecule has 0 unspecified atom stereocenters. The molecule has 5 heteroatoms. The van der Waals surface area contributed by atoms with Gasteiger partial charge in [0, 0.05) is 5.75 Å². The van der Waals surface area contributed by atoms with Gasteiger partial charge in [-0.15, -0.1) is 0 Å². The molecule has 0 heterocycles. The van der Waals surface area contributed by atoms with E-state index in [2.05, 4.69) is 31.0 Å². The van der Waals surface area contributed by atoms with Gasteiger partial charge in [-0.2, -0.15) is 0 Å². The molecule has 0 amide bonds. The van der Waals surface area contributed by atoms with E-state index in [1.54, 1.807) is 18.2 Å². The summed E-state index contributed by atoms with van der Waals surface area (Å²) in [7, 11) is 0. The molecule has 0 aromatic heterocycles. The summed E-state index contributed by atoms with van der Waals surface area (Å²) in [5.74, 6) is 1.05. The number of thioether (sulfide) groups is 1. The Bertz CT molecular complexity index is 673. The zero-order chi connectivity index (χ0) is 17.4. The molecular formula is C19H23FN2OS. The van der Waals surface area contributed by atoms with Crippen molar-refractivity contribution in [1.82, 2.24) is 0 Å². The monoisotopic (exact) mass is 346 g/mol. The third-order valence-corrected chi connectivity index (χ3v) is 4.50. The van der Waals surface area contributed by atoms with Gasteiger partial charge in [0.2, 0.25) is 0 Å². The standard InChI is InChI=1S/C19H23FN2OS/c1-3-14(2)15-8-10-16(11-9-15)22-19(21)24-13-12-23-18-7-5-4-6-17(18)20/h4-11,14H,3,12-13H2,1-2H3,(H2,21,22)/t14-/m0/s1. The van der Waals surface area contributed by atoms with Crippen LogP contribution in [0.2, 0.25) is 0 Å². The lowest BCUT2D eigenvalue weighted by molar-refractivity contribution is 0.325. The lowest BCUT2D eigenvalue weighted by Crippen LogP contribution is -2.10. The number of nitrogens with zero attached hydrogens (tertiary/aromatic N) is 1. The highest BCUT2D eigenvalue weighted by Crippen LogP contribution is 2.22. The number of amidine groups is 1. The summed E-state index contributed by atoms with van der Waals surface area (Å²) in [6, 6.07) is 14.5. The Morgan fingerprint density at radius 2 is 1.92 bits per heavy atom. The Morgan fingerprint density at radius 3 is 2.58 bits per heavy atom. The quantitative estimate of drug-likeness (QED) is 0.431. The normalized spacial score (nSPS) is 12.9. The van der Waals surface area contributed by atoms with Gasteiger partial charge in [0.05, 0.1) is 12.3 Å². The number of hydrogen-bond acceptors (Lipinski definition) is 3. The van der Waals surface area contributed by atoms with Crippen LogP contribution in [0, 0.1) is 5.82 Å². The van der Waals surface area contributed by atoms with Gasteiger partial charge < -0.3 is 10.5 Å². The van der Waals surface area contributed by atoms with Crippen molar-refractivity contribution in [2.45, 2.75) is 26.2 Å². The molecule has 3 nitrogen and oxygen atoms in total. The van der Waals surface area contributed by atoms with Gasteiger partial charge in [-0.25, -0.2) is 9.38 Å². The Balaban J connectivity index is 1.80. The second-order valence-electron chi connectivity index (χ2n) is 5.48. The summed E-state index contributed by atoms with van der Waals surface area (Å²) < 4.78 is 18.8. The molecule has 1 atom stereocenters. The van der Waals surface area contributed by atoms with Crippen molar-refractivity contribution >= 4 is 22.6 Å². The smallest absolute Gasteiger partial charge is 0.165 e. The van der Waals surface area contributed by atoms with Crippen molar-refractivity contribution in [2.24, 2.45) is 10.7 Å². The van der Waals surface area contributed by atoms with Crippen LogP contribution < -0.4 is 10.5 Å². The highest BCUT2D eigenvalue weighted by atomic mass is 32.2.